The molecule has 1 aromatic heterocycles. The van der Waals surface area contributed by atoms with Crippen LogP contribution in [-0.2, 0) is 11.3 Å². The molecule has 2 rings (SSSR count). The fourth-order valence-electron chi connectivity index (χ4n) is 1.87. The summed E-state index contributed by atoms with van der Waals surface area (Å²) in [6.07, 6.45) is 1.14. The van der Waals surface area contributed by atoms with E-state index in [2.05, 4.69) is 29.0 Å². The molecule has 1 atom stereocenters. The highest BCUT2D eigenvalue weighted by Crippen LogP contribution is 2.14. The van der Waals surface area contributed by atoms with Crippen molar-refractivity contribution in [2.24, 2.45) is 0 Å². The Morgan fingerprint density at radius 1 is 1.62 bits per heavy atom. The van der Waals surface area contributed by atoms with Crippen LogP contribution >= 0.6 is 11.3 Å². The molecule has 1 unspecified atom stereocenters. The van der Waals surface area contributed by atoms with Crippen molar-refractivity contribution < 1.29 is 4.74 Å². The molecule has 3 nitrogen and oxygen atoms in total. The predicted molar refractivity (Wildman–Crippen MR) is 68.0 cm³/mol. The lowest BCUT2D eigenvalue weighted by Crippen LogP contribution is -2.42. The lowest BCUT2D eigenvalue weighted by Gasteiger charge is -2.23. The third kappa shape index (κ3) is 3.56. The summed E-state index contributed by atoms with van der Waals surface area (Å²) in [7, 11) is 0. The number of morpholine rings is 1. The van der Waals surface area contributed by atoms with Gasteiger partial charge in [0.15, 0.2) is 0 Å². The van der Waals surface area contributed by atoms with E-state index < -0.39 is 0 Å². The number of nitrogens with one attached hydrogen (secondary N) is 2. The van der Waals surface area contributed by atoms with Gasteiger partial charge < -0.3 is 15.4 Å². The summed E-state index contributed by atoms with van der Waals surface area (Å²) in [5, 5.41) is 9.11. The highest BCUT2D eigenvalue weighted by molar-refractivity contribution is 7.10. The van der Waals surface area contributed by atoms with E-state index in [1.165, 1.54) is 10.4 Å². The minimum absolute atomic E-state index is 0.533. The van der Waals surface area contributed by atoms with Gasteiger partial charge in [-0.25, -0.2) is 0 Å². The van der Waals surface area contributed by atoms with Gasteiger partial charge in [-0.2, -0.15) is 0 Å². The molecule has 2 N–H and O–H groups in total. The van der Waals surface area contributed by atoms with E-state index in [4.69, 9.17) is 4.74 Å². The first-order chi connectivity index (χ1) is 7.86. The molecule has 90 valence electrons. The molecule has 0 aromatic carbocycles. The lowest BCUT2D eigenvalue weighted by molar-refractivity contribution is 0.0742. The Labute approximate surface area is 101 Å². The first kappa shape index (κ1) is 12.0. The number of ether oxygens (including phenoxy) is 1. The van der Waals surface area contributed by atoms with Crippen molar-refractivity contribution in [3.63, 3.8) is 0 Å². The molecular formula is C12H20N2OS. The molecule has 0 saturated carbocycles. The fourth-order valence-corrected chi connectivity index (χ4v) is 2.74. The van der Waals surface area contributed by atoms with Crippen LogP contribution < -0.4 is 10.6 Å². The standard InChI is InChI=1S/C12H20N2OS/c1-10-3-7-16-12(10)8-13-4-2-11-9-15-6-5-14-11/h3,7,11,13-14H,2,4-6,8-9H2,1H3. The first-order valence-corrected chi connectivity index (χ1v) is 6.79. The number of aryl methyl sites for hydroxylation is 1. The van der Waals surface area contributed by atoms with Gasteiger partial charge in [-0.3, -0.25) is 0 Å². The van der Waals surface area contributed by atoms with Crippen molar-refractivity contribution >= 4 is 11.3 Å². The Hall–Kier alpha value is -0.420. The quantitative estimate of drug-likeness (QED) is 0.766. The molecule has 0 radical (unpaired) electrons. The van der Waals surface area contributed by atoms with Crippen LogP contribution in [0.2, 0.25) is 0 Å². The van der Waals surface area contributed by atoms with E-state index in [1.54, 1.807) is 0 Å². The van der Waals surface area contributed by atoms with Crippen LogP contribution in [-0.4, -0.2) is 32.3 Å². The summed E-state index contributed by atoms with van der Waals surface area (Å²) < 4.78 is 5.42. The highest BCUT2D eigenvalue weighted by Gasteiger charge is 2.11. The normalized spacial score (nSPS) is 21.2. The fraction of sp³-hybridized carbons (Fsp3) is 0.667. The summed E-state index contributed by atoms with van der Waals surface area (Å²) in [5.41, 5.74) is 1.40. The van der Waals surface area contributed by atoms with Gasteiger partial charge in [0.1, 0.15) is 0 Å². The summed E-state index contributed by atoms with van der Waals surface area (Å²) in [5.74, 6) is 0. The zero-order valence-electron chi connectivity index (χ0n) is 9.79. The molecule has 1 fully saturated rings. The first-order valence-electron chi connectivity index (χ1n) is 5.91. The van der Waals surface area contributed by atoms with Crippen LogP contribution in [0.3, 0.4) is 0 Å². The number of thiophene rings is 1. The van der Waals surface area contributed by atoms with Crippen molar-refractivity contribution in [1.29, 1.82) is 0 Å². The van der Waals surface area contributed by atoms with Gasteiger partial charge in [0.2, 0.25) is 0 Å². The van der Waals surface area contributed by atoms with Gasteiger partial charge in [0, 0.05) is 24.0 Å². The van der Waals surface area contributed by atoms with Gasteiger partial charge >= 0.3 is 0 Å². The van der Waals surface area contributed by atoms with E-state index in [9.17, 15) is 0 Å². The largest absolute Gasteiger partial charge is 0.379 e. The Kier molecular flexibility index (Phi) is 4.78. The second-order valence-corrected chi connectivity index (χ2v) is 5.22. The molecule has 2 heterocycles. The minimum Gasteiger partial charge on any atom is -0.379 e. The Bertz CT molecular complexity index is 308. The zero-order valence-corrected chi connectivity index (χ0v) is 10.6. The molecule has 0 bridgehead atoms. The Balaban J connectivity index is 1.59. The van der Waals surface area contributed by atoms with E-state index in [-0.39, 0.29) is 0 Å². The second kappa shape index (κ2) is 6.35. The molecule has 1 aliphatic heterocycles. The third-order valence-corrected chi connectivity index (χ3v) is 3.94. The number of rotatable bonds is 5. The van der Waals surface area contributed by atoms with E-state index in [0.717, 1.165) is 39.3 Å². The van der Waals surface area contributed by atoms with Crippen LogP contribution in [0.1, 0.15) is 16.9 Å². The number of hydrogen-bond acceptors (Lipinski definition) is 4. The van der Waals surface area contributed by atoms with Crippen LogP contribution in [0, 0.1) is 6.92 Å². The monoisotopic (exact) mass is 240 g/mol. The van der Waals surface area contributed by atoms with Gasteiger partial charge in [-0.1, -0.05) is 0 Å². The molecule has 0 aliphatic carbocycles. The molecule has 1 aromatic rings. The smallest absolute Gasteiger partial charge is 0.0620 e. The third-order valence-electron chi connectivity index (χ3n) is 2.92. The summed E-state index contributed by atoms with van der Waals surface area (Å²) >= 11 is 1.83. The van der Waals surface area contributed by atoms with Crippen molar-refractivity contribution in [2.75, 3.05) is 26.3 Å². The molecule has 1 aliphatic rings. The van der Waals surface area contributed by atoms with Gasteiger partial charge in [-0.15, -0.1) is 11.3 Å². The minimum atomic E-state index is 0.533. The van der Waals surface area contributed by atoms with Gasteiger partial charge in [0.05, 0.1) is 13.2 Å². The molecular weight excluding hydrogens is 220 g/mol. The SMILES string of the molecule is Cc1ccsc1CNCCC1COCCN1. The van der Waals surface area contributed by atoms with Gasteiger partial charge in [0.25, 0.3) is 0 Å². The average Bonchev–Trinajstić information content (AvgIpc) is 2.72. The van der Waals surface area contributed by atoms with Crippen molar-refractivity contribution in [2.45, 2.75) is 25.9 Å². The molecule has 0 amide bonds. The molecule has 4 heteroatoms. The maximum atomic E-state index is 5.42. The lowest BCUT2D eigenvalue weighted by atomic mass is 10.2. The summed E-state index contributed by atoms with van der Waals surface area (Å²) in [6.45, 7) is 6.94. The Morgan fingerprint density at radius 2 is 2.56 bits per heavy atom. The second-order valence-electron chi connectivity index (χ2n) is 4.22. The molecule has 16 heavy (non-hydrogen) atoms. The van der Waals surface area contributed by atoms with Crippen LogP contribution in [0.15, 0.2) is 11.4 Å². The Morgan fingerprint density at radius 3 is 3.25 bits per heavy atom. The molecule has 0 spiro atoms. The van der Waals surface area contributed by atoms with Crippen molar-refractivity contribution in [3.8, 4) is 0 Å². The number of hydrogen-bond donors (Lipinski definition) is 2. The van der Waals surface area contributed by atoms with E-state index in [1.807, 2.05) is 11.3 Å². The average molecular weight is 240 g/mol. The summed E-state index contributed by atoms with van der Waals surface area (Å²) in [6, 6.07) is 2.71. The van der Waals surface area contributed by atoms with Crippen LogP contribution in [0.5, 0.6) is 0 Å². The topological polar surface area (TPSA) is 33.3 Å². The maximum Gasteiger partial charge on any atom is 0.0620 e. The van der Waals surface area contributed by atoms with E-state index >= 15 is 0 Å². The maximum absolute atomic E-state index is 5.42. The van der Waals surface area contributed by atoms with Crippen LogP contribution in [0.25, 0.3) is 0 Å². The van der Waals surface area contributed by atoms with Crippen molar-refractivity contribution in [3.05, 3.63) is 21.9 Å². The predicted octanol–water partition coefficient (Wildman–Crippen LogP) is 1.52. The van der Waals surface area contributed by atoms with Crippen molar-refractivity contribution in [1.82, 2.24) is 10.6 Å². The van der Waals surface area contributed by atoms with E-state index in [0.29, 0.717) is 6.04 Å². The molecule has 1 saturated heterocycles. The van der Waals surface area contributed by atoms with Crippen LogP contribution in [0.4, 0.5) is 0 Å². The highest BCUT2D eigenvalue weighted by atomic mass is 32.1. The summed E-state index contributed by atoms with van der Waals surface area (Å²) in [4.78, 5) is 1.45. The van der Waals surface area contributed by atoms with Gasteiger partial charge in [-0.05, 0) is 36.9 Å². The zero-order chi connectivity index (χ0) is 11.2.